The van der Waals surface area contributed by atoms with Crippen molar-refractivity contribution >= 4 is 11.6 Å². The van der Waals surface area contributed by atoms with Gasteiger partial charge in [0.2, 0.25) is 11.8 Å². The summed E-state index contributed by atoms with van der Waals surface area (Å²) < 4.78 is 45.9. The summed E-state index contributed by atoms with van der Waals surface area (Å²) in [5.41, 5.74) is -0.0326. The van der Waals surface area contributed by atoms with Gasteiger partial charge in [-0.15, -0.1) is 0 Å². The van der Waals surface area contributed by atoms with Gasteiger partial charge in [0.25, 0.3) is 0 Å². The number of hydrogen-bond donors (Lipinski definition) is 1. The van der Waals surface area contributed by atoms with E-state index in [2.05, 4.69) is 20.4 Å². The molecule has 0 saturated carbocycles. The Morgan fingerprint density at radius 1 is 1.06 bits per heavy atom. The summed E-state index contributed by atoms with van der Waals surface area (Å²) in [6, 6.07) is 14.7. The molecular weight excluding hydrogens is 435 g/mol. The first-order valence-corrected chi connectivity index (χ1v) is 9.86. The number of carbonyl (C=O) groups is 1. The van der Waals surface area contributed by atoms with Crippen LogP contribution in [0.2, 0.25) is 0 Å². The molecule has 0 atom stereocenters. The Kier molecular flexibility index (Phi) is 6.07. The molecule has 0 radical (unpaired) electrons. The number of carbonyl (C=O) groups excluding carboxylic acids is 1. The van der Waals surface area contributed by atoms with Crippen molar-refractivity contribution in [2.75, 3.05) is 5.32 Å². The zero-order valence-electron chi connectivity index (χ0n) is 17.4. The van der Waals surface area contributed by atoms with E-state index < -0.39 is 17.6 Å². The minimum atomic E-state index is -4.45. The Morgan fingerprint density at radius 2 is 1.85 bits per heavy atom. The van der Waals surface area contributed by atoms with E-state index in [1.807, 2.05) is 0 Å². The number of aryl methyl sites for hydroxylation is 1. The average molecular weight is 453 g/mol. The van der Waals surface area contributed by atoms with Crippen molar-refractivity contribution in [3.05, 3.63) is 90.0 Å². The molecule has 1 N–H and O–H groups in total. The zero-order chi connectivity index (χ0) is 23.4. The van der Waals surface area contributed by atoms with Gasteiger partial charge in [-0.25, -0.2) is 9.67 Å². The average Bonchev–Trinajstić information content (AvgIpc) is 3.29. The number of nitrogens with zero attached hydrogens (tertiary/aromatic N) is 4. The fourth-order valence-corrected chi connectivity index (χ4v) is 3.07. The first-order valence-electron chi connectivity index (χ1n) is 9.86. The van der Waals surface area contributed by atoms with Crippen molar-refractivity contribution in [2.24, 2.45) is 0 Å². The smallest absolute Gasteiger partial charge is 0.416 e. The summed E-state index contributed by atoms with van der Waals surface area (Å²) in [6.45, 7) is 1.74. The molecule has 2 aromatic carbocycles. The maximum atomic E-state index is 12.8. The fraction of sp³-hybridized carbons (Fsp3) is 0.130. The highest BCUT2D eigenvalue weighted by Gasteiger charge is 2.30. The quantitative estimate of drug-likeness (QED) is 0.446. The number of anilines is 1. The van der Waals surface area contributed by atoms with Gasteiger partial charge in [0.15, 0.2) is 5.82 Å². The van der Waals surface area contributed by atoms with Crippen molar-refractivity contribution in [1.82, 2.24) is 19.7 Å². The lowest BCUT2D eigenvalue weighted by Crippen LogP contribution is -2.15. The highest BCUT2D eigenvalue weighted by molar-refractivity contribution is 5.92. The Bertz CT molecular complexity index is 1260. The Hall–Kier alpha value is -4.21. The summed E-state index contributed by atoms with van der Waals surface area (Å²) >= 11 is 0. The first kappa shape index (κ1) is 22.0. The van der Waals surface area contributed by atoms with Gasteiger partial charge in [-0.2, -0.15) is 23.3 Å². The highest BCUT2D eigenvalue weighted by atomic mass is 19.4. The molecule has 2 heterocycles. The van der Waals surface area contributed by atoms with Crippen LogP contribution >= 0.6 is 0 Å². The van der Waals surface area contributed by atoms with Crippen LogP contribution in [0, 0.1) is 6.92 Å². The number of aromatic nitrogens is 4. The molecule has 2 aromatic heterocycles. The third kappa shape index (κ3) is 5.73. The number of ether oxygens (including phenoxy) is 1. The standard InChI is InChI=1S/C23H18F3N5O2/c1-15-28-20(31-11-3-10-27-31)14-22(29-15)33-19-8-6-18(7-9-19)30-21(32)13-16-4-2-5-17(12-16)23(24,25)26/h2-12,14H,13H2,1H3,(H,30,32). The molecule has 0 unspecified atom stereocenters. The maximum absolute atomic E-state index is 12.8. The van der Waals surface area contributed by atoms with Gasteiger partial charge in [0.1, 0.15) is 11.6 Å². The summed E-state index contributed by atoms with van der Waals surface area (Å²) in [6.07, 6.45) is -1.25. The van der Waals surface area contributed by atoms with Crippen LogP contribution in [0.25, 0.3) is 5.82 Å². The van der Waals surface area contributed by atoms with Gasteiger partial charge in [0, 0.05) is 24.1 Å². The zero-order valence-corrected chi connectivity index (χ0v) is 17.4. The van der Waals surface area contributed by atoms with Crippen LogP contribution in [0.1, 0.15) is 17.0 Å². The molecule has 1 amide bonds. The lowest BCUT2D eigenvalue weighted by molar-refractivity contribution is -0.137. The number of alkyl halides is 3. The molecule has 4 rings (SSSR count). The van der Waals surface area contributed by atoms with Crippen LogP contribution in [0.4, 0.5) is 18.9 Å². The van der Waals surface area contributed by atoms with Crippen LogP contribution in [0.3, 0.4) is 0 Å². The molecule has 0 aliphatic carbocycles. The van der Waals surface area contributed by atoms with Crippen molar-refractivity contribution in [2.45, 2.75) is 19.5 Å². The third-order valence-corrected chi connectivity index (χ3v) is 4.52. The Morgan fingerprint density at radius 3 is 2.55 bits per heavy atom. The molecule has 0 bridgehead atoms. The van der Waals surface area contributed by atoms with E-state index in [0.29, 0.717) is 29.0 Å². The highest BCUT2D eigenvalue weighted by Crippen LogP contribution is 2.29. The van der Waals surface area contributed by atoms with E-state index in [1.54, 1.807) is 60.4 Å². The molecule has 0 aliphatic rings. The third-order valence-electron chi connectivity index (χ3n) is 4.52. The number of rotatable bonds is 6. The molecule has 168 valence electrons. The van der Waals surface area contributed by atoms with Gasteiger partial charge in [0.05, 0.1) is 12.0 Å². The molecule has 4 aromatic rings. The SMILES string of the molecule is Cc1nc(Oc2ccc(NC(=O)Cc3cccc(C(F)(F)F)c3)cc2)cc(-n2cccn2)n1. The van der Waals surface area contributed by atoms with Crippen molar-refractivity contribution in [3.8, 4) is 17.4 Å². The minimum absolute atomic E-state index is 0.182. The molecule has 33 heavy (non-hydrogen) atoms. The van der Waals surface area contributed by atoms with Crippen LogP contribution in [-0.2, 0) is 17.4 Å². The molecule has 0 aliphatic heterocycles. The molecule has 0 spiro atoms. The van der Waals surface area contributed by atoms with Gasteiger partial charge >= 0.3 is 6.18 Å². The molecule has 10 heteroatoms. The Balaban J connectivity index is 1.39. The summed E-state index contributed by atoms with van der Waals surface area (Å²) in [7, 11) is 0. The molecule has 7 nitrogen and oxygen atoms in total. The second-order valence-electron chi connectivity index (χ2n) is 7.11. The predicted molar refractivity (Wildman–Crippen MR) is 114 cm³/mol. The predicted octanol–water partition coefficient (Wildman–Crippen LogP) is 4.96. The molecular formula is C23H18F3N5O2. The van der Waals surface area contributed by atoms with Crippen molar-refractivity contribution in [3.63, 3.8) is 0 Å². The number of nitrogens with one attached hydrogen (secondary N) is 1. The molecule has 0 fully saturated rings. The monoisotopic (exact) mass is 453 g/mol. The lowest BCUT2D eigenvalue weighted by Gasteiger charge is -2.10. The topological polar surface area (TPSA) is 81.9 Å². The van der Waals surface area contributed by atoms with E-state index in [0.717, 1.165) is 12.1 Å². The molecule has 0 saturated heterocycles. The maximum Gasteiger partial charge on any atom is 0.416 e. The number of amides is 1. The van der Waals surface area contributed by atoms with Gasteiger partial charge < -0.3 is 10.1 Å². The van der Waals surface area contributed by atoms with Crippen molar-refractivity contribution in [1.29, 1.82) is 0 Å². The van der Waals surface area contributed by atoms with Crippen LogP contribution in [-0.4, -0.2) is 25.7 Å². The van der Waals surface area contributed by atoms with E-state index in [1.165, 1.54) is 12.1 Å². The van der Waals surface area contributed by atoms with Crippen LogP contribution < -0.4 is 10.1 Å². The fourth-order valence-electron chi connectivity index (χ4n) is 3.07. The van der Waals surface area contributed by atoms with E-state index >= 15 is 0 Å². The summed E-state index contributed by atoms with van der Waals surface area (Å²) in [4.78, 5) is 20.8. The second-order valence-corrected chi connectivity index (χ2v) is 7.11. The van der Waals surface area contributed by atoms with Crippen molar-refractivity contribution < 1.29 is 22.7 Å². The number of halogens is 3. The summed E-state index contributed by atoms with van der Waals surface area (Å²) in [5, 5.41) is 6.80. The van der Waals surface area contributed by atoms with E-state index in [-0.39, 0.29) is 12.0 Å². The minimum Gasteiger partial charge on any atom is -0.439 e. The number of hydrogen-bond acceptors (Lipinski definition) is 5. The largest absolute Gasteiger partial charge is 0.439 e. The first-order chi connectivity index (χ1) is 15.8. The van der Waals surface area contributed by atoms with E-state index in [4.69, 9.17) is 4.74 Å². The second kappa shape index (κ2) is 9.11. The van der Waals surface area contributed by atoms with Gasteiger partial charge in [-0.05, 0) is 48.9 Å². The van der Waals surface area contributed by atoms with Crippen LogP contribution in [0.5, 0.6) is 11.6 Å². The lowest BCUT2D eigenvalue weighted by atomic mass is 10.1. The van der Waals surface area contributed by atoms with Gasteiger partial charge in [-0.3, -0.25) is 4.79 Å². The normalized spacial score (nSPS) is 11.3. The summed E-state index contributed by atoms with van der Waals surface area (Å²) in [5.74, 6) is 1.44. The van der Waals surface area contributed by atoms with E-state index in [9.17, 15) is 18.0 Å². The van der Waals surface area contributed by atoms with Gasteiger partial charge in [-0.1, -0.05) is 18.2 Å². The Labute approximate surface area is 186 Å². The van der Waals surface area contributed by atoms with Crippen LogP contribution in [0.15, 0.2) is 73.1 Å². The number of benzene rings is 2.